The summed E-state index contributed by atoms with van der Waals surface area (Å²) in [6.45, 7) is 0. The molecule has 0 heterocycles. The second-order valence-electron chi connectivity index (χ2n) is 4.08. The van der Waals surface area contributed by atoms with Crippen LogP contribution in [-0.4, -0.2) is 19.5 Å². The van der Waals surface area contributed by atoms with E-state index in [1.54, 1.807) is 6.07 Å². The summed E-state index contributed by atoms with van der Waals surface area (Å²) >= 11 is 0. The van der Waals surface area contributed by atoms with Crippen molar-refractivity contribution in [3.8, 4) is 0 Å². The molecule has 92 valence electrons. The van der Waals surface area contributed by atoms with Gasteiger partial charge in [-0.05, 0) is 42.5 Å². The average Bonchev–Trinajstić information content (AvgIpc) is 2.26. The van der Waals surface area contributed by atoms with Crippen molar-refractivity contribution in [3.63, 3.8) is 0 Å². The summed E-state index contributed by atoms with van der Waals surface area (Å²) in [5.41, 5.74) is 1.47. The van der Waals surface area contributed by atoms with Crippen molar-refractivity contribution < 1.29 is 18.3 Å². The van der Waals surface area contributed by atoms with Gasteiger partial charge in [0.25, 0.3) is 9.05 Å². The number of hydrogen-bond donors (Lipinski definition) is 1. The molecule has 17 heavy (non-hydrogen) atoms. The number of fused-ring (bicyclic) bond motifs is 1. The summed E-state index contributed by atoms with van der Waals surface area (Å²) in [5, 5.41) is 9.10. The molecular weight excluding hydrogens is 264 g/mol. The summed E-state index contributed by atoms with van der Waals surface area (Å²) in [4.78, 5) is 11.1. The van der Waals surface area contributed by atoms with Gasteiger partial charge in [-0.2, -0.15) is 0 Å². The minimum Gasteiger partial charge on any atom is -0.481 e. The molecule has 4 nitrogen and oxygen atoms in total. The highest BCUT2D eigenvalue weighted by Crippen LogP contribution is 2.33. The zero-order chi connectivity index (χ0) is 12.6. The monoisotopic (exact) mass is 274 g/mol. The van der Waals surface area contributed by atoms with Crippen LogP contribution in [-0.2, 0) is 20.3 Å². The maximum Gasteiger partial charge on any atom is 0.310 e. The number of carboxylic acid groups (broad SMARTS) is 1. The molecule has 0 spiro atoms. The molecule has 1 N–H and O–H groups in total. The Morgan fingerprint density at radius 2 is 2.12 bits per heavy atom. The fraction of sp³-hybridized carbons (Fsp3) is 0.364. The first-order chi connectivity index (χ1) is 7.89. The van der Waals surface area contributed by atoms with Gasteiger partial charge in [-0.15, -0.1) is 0 Å². The summed E-state index contributed by atoms with van der Waals surface area (Å²) in [7, 11) is 1.45. The molecule has 0 amide bonds. The van der Waals surface area contributed by atoms with Crippen LogP contribution < -0.4 is 0 Å². The van der Waals surface area contributed by atoms with Crippen LogP contribution in [0.3, 0.4) is 0 Å². The molecule has 0 bridgehead atoms. The molecule has 0 saturated carbocycles. The Bertz CT molecular complexity index is 565. The summed E-state index contributed by atoms with van der Waals surface area (Å²) in [5.74, 6) is -1.55. The Kier molecular flexibility index (Phi) is 3.14. The molecule has 0 radical (unpaired) electrons. The van der Waals surface area contributed by atoms with E-state index in [0.29, 0.717) is 12.0 Å². The standard InChI is InChI=1S/C11H11ClO4S/c12-17(15,16)8-5-4-7-2-1-3-9(11(13)14)10(7)6-8/h4-6,9H,1-3H2,(H,13,14). The lowest BCUT2D eigenvalue weighted by Crippen LogP contribution is -2.18. The van der Waals surface area contributed by atoms with Crippen molar-refractivity contribution in [3.05, 3.63) is 29.3 Å². The largest absolute Gasteiger partial charge is 0.481 e. The lowest BCUT2D eigenvalue weighted by molar-refractivity contribution is -0.139. The molecule has 1 aliphatic rings. The molecule has 0 saturated heterocycles. The Morgan fingerprint density at radius 3 is 2.71 bits per heavy atom. The van der Waals surface area contributed by atoms with Crippen molar-refractivity contribution >= 4 is 25.7 Å². The Morgan fingerprint density at radius 1 is 1.41 bits per heavy atom. The van der Waals surface area contributed by atoms with E-state index in [9.17, 15) is 13.2 Å². The quantitative estimate of drug-likeness (QED) is 0.839. The number of benzene rings is 1. The number of halogens is 1. The number of carboxylic acids is 1. The summed E-state index contributed by atoms with van der Waals surface area (Å²) < 4.78 is 22.4. The molecule has 1 atom stereocenters. The van der Waals surface area contributed by atoms with Crippen molar-refractivity contribution in [2.45, 2.75) is 30.1 Å². The van der Waals surface area contributed by atoms with Gasteiger partial charge in [-0.25, -0.2) is 8.42 Å². The predicted molar refractivity (Wildman–Crippen MR) is 62.8 cm³/mol. The molecule has 1 unspecified atom stereocenters. The minimum atomic E-state index is -3.81. The number of aryl methyl sites for hydroxylation is 1. The SMILES string of the molecule is O=C(O)C1CCCc2ccc(S(=O)(=O)Cl)cc21. The van der Waals surface area contributed by atoms with Crippen LogP contribution >= 0.6 is 10.7 Å². The maximum atomic E-state index is 11.2. The van der Waals surface area contributed by atoms with Crippen molar-refractivity contribution in [2.24, 2.45) is 0 Å². The normalized spacial score (nSPS) is 19.7. The van der Waals surface area contributed by atoms with E-state index in [1.165, 1.54) is 12.1 Å². The highest BCUT2D eigenvalue weighted by molar-refractivity contribution is 8.13. The van der Waals surface area contributed by atoms with E-state index < -0.39 is 20.9 Å². The van der Waals surface area contributed by atoms with Crippen LogP contribution in [0.25, 0.3) is 0 Å². The van der Waals surface area contributed by atoms with E-state index in [2.05, 4.69) is 0 Å². The van der Waals surface area contributed by atoms with Crippen LogP contribution in [0, 0.1) is 0 Å². The number of aliphatic carboxylic acids is 1. The first-order valence-electron chi connectivity index (χ1n) is 5.20. The number of rotatable bonds is 2. The number of hydrogen-bond acceptors (Lipinski definition) is 3. The van der Waals surface area contributed by atoms with Gasteiger partial charge >= 0.3 is 5.97 Å². The summed E-state index contributed by atoms with van der Waals surface area (Å²) in [6.07, 6.45) is 2.12. The van der Waals surface area contributed by atoms with Crippen LogP contribution in [0.1, 0.15) is 29.9 Å². The number of carbonyl (C=O) groups is 1. The molecule has 0 aliphatic heterocycles. The Hall–Kier alpha value is -1.07. The van der Waals surface area contributed by atoms with Gasteiger partial charge < -0.3 is 5.11 Å². The van der Waals surface area contributed by atoms with Gasteiger partial charge in [0.1, 0.15) is 0 Å². The lowest BCUT2D eigenvalue weighted by Gasteiger charge is -2.22. The first kappa shape index (κ1) is 12.4. The molecule has 2 rings (SSSR count). The van der Waals surface area contributed by atoms with Crippen LogP contribution in [0.15, 0.2) is 23.1 Å². The van der Waals surface area contributed by atoms with E-state index in [1.807, 2.05) is 0 Å². The Balaban J connectivity index is 2.55. The van der Waals surface area contributed by atoms with Crippen LogP contribution in [0.4, 0.5) is 0 Å². The fourth-order valence-electron chi connectivity index (χ4n) is 2.19. The molecule has 0 fully saturated rings. The van der Waals surface area contributed by atoms with Crippen molar-refractivity contribution in [1.29, 1.82) is 0 Å². The van der Waals surface area contributed by atoms with Crippen molar-refractivity contribution in [2.75, 3.05) is 0 Å². The van der Waals surface area contributed by atoms with Crippen molar-refractivity contribution in [1.82, 2.24) is 0 Å². The topological polar surface area (TPSA) is 71.4 Å². The average molecular weight is 275 g/mol. The maximum absolute atomic E-state index is 11.2. The molecule has 1 aliphatic carbocycles. The first-order valence-corrected chi connectivity index (χ1v) is 7.51. The zero-order valence-electron chi connectivity index (χ0n) is 8.89. The van der Waals surface area contributed by atoms with Gasteiger partial charge in [0.2, 0.25) is 0 Å². The fourth-order valence-corrected chi connectivity index (χ4v) is 2.97. The van der Waals surface area contributed by atoms with E-state index in [4.69, 9.17) is 15.8 Å². The van der Waals surface area contributed by atoms with Gasteiger partial charge in [0, 0.05) is 10.7 Å². The highest BCUT2D eigenvalue weighted by atomic mass is 35.7. The third-order valence-corrected chi connectivity index (χ3v) is 4.36. The summed E-state index contributed by atoms with van der Waals surface area (Å²) in [6, 6.07) is 4.46. The Labute approximate surface area is 104 Å². The molecule has 1 aromatic carbocycles. The second-order valence-corrected chi connectivity index (χ2v) is 6.65. The molecule has 6 heteroatoms. The predicted octanol–water partition coefficient (Wildman–Crippen LogP) is 2.12. The third-order valence-electron chi connectivity index (χ3n) is 3.01. The minimum absolute atomic E-state index is 0.0360. The van der Waals surface area contributed by atoms with Gasteiger partial charge in [-0.1, -0.05) is 6.07 Å². The second kappa shape index (κ2) is 4.31. The van der Waals surface area contributed by atoms with Crippen LogP contribution in [0.2, 0.25) is 0 Å². The smallest absolute Gasteiger partial charge is 0.310 e. The highest BCUT2D eigenvalue weighted by Gasteiger charge is 2.27. The van der Waals surface area contributed by atoms with E-state index in [-0.39, 0.29) is 4.90 Å². The third kappa shape index (κ3) is 2.45. The molecule has 1 aromatic rings. The zero-order valence-corrected chi connectivity index (χ0v) is 10.5. The van der Waals surface area contributed by atoms with E-state index >= 15 is 0 Å². The van der Waals surface area contributed by atoms with Crippen LogP contribution in [0.5, 0.6) is 0 Å². The molecular formula is C11H11ClO4S. The lowest BCUT2D eigenvalue weighted by atomic mass is 9.83. The molecule has 0 aromatic heterocycles. The van der Waals surface area contributed by atoms with Gasteiger partial charge in [0.05, 0.1) is 10.8 Å². The van der Waals surface area contributed by atoms with Gasteiger partial charge in [-0.3, -0.25) is 4.79 Å². The van der Waals surface area contributed by atoms with Gasteiger partial charge in [0.15, 0.2) is 0 Å². The van der Waals surface area contributed by atoms with E-state index in [0.717, 1.165) is 18.4 Å².